The molecule has 0 aliphatic carbocycles. The van der Waals surface area contributed by atoms with Gasteiger partial charge in [-0.25, -0.2) is 4.79 Å². The van der Waals surface area contributed by atoms with Crippen LogP contribution in [0.2, 0.25) is 5.02 Å². The van der Waals surface area contributed by atoms with Crippen LogP contribution < -0.4 is 10.6 Å². The minimum Gasteiger partial charge on any atom is -0.478 e. The molecule has 0 aliphatic rings. The van der Waals surface area contributed by atoms with Crippen molar-refractivity contribution in [3.63, 3.8) is 0 Å². The maximum Gasteiger partial charge on any atom is 0.335 e. The number of benzene rings is 2. The highest BCUT2D eigenvalue weighted by atomic mass is 35.5. The molecular formula is C20H18ClN5O4S. The molecule has 0 radical (unpaired) electrons. The third-order valence-electron chi connectivity index (χ3n) is 4.20. The second-order valence-electron chi connectivity index (χ2n) is 6.34. The molecule has 3 rings (SSSR count). The Morgan fingerprint density at radius 1 is 1.10 bits per heavy atom. The molecule has 3 N–H and O–H groups in total. The van der Waals surface area contributed by atoms with E-state index in [1.807, 2.05) is 0 Å². The molecule has 0 saturated carbocycles. The number of halogens is 1. The molecule has 0 fully saturated rings. The van der Waals surface area contributed by atoms with Gasteiger partial charge in [-0.3, -0.25) is 9.59 Å². The number of amides is 2. The average Bonchev–Trinajstić information content (AvgIpc) is 3.10. The van der Waals surface area contributed by atoms with E-state index >= 15 is 0 Å². The SMILES string of the molecule is Cn1c(CNC(=O)c2ccccc2Cl)nnc1SCC(=O)Nc1ccc(C(=O)O)cc1. The normalized spacial score (nSPS) is 10.5. The van der Waals surface area contributed by atoms with E-state index in [9.17, 15) is 14.4 Å². The second kappa shape index (κ2) is 10.1. The standard InChI is InChI=1S/C20H18ClN5O4S/c1-26-16(10-22-18(28)14-4-2-3-5-15(14)21)24-25-20(26)31-11-17(27)23-13-8-6-12(7-9-13)19(29)30/h2-9H,10-11H2,1H3,(H,22,28)(H,23,27)(H,29,30). The van der Waals surface area contributed by atoms with Crippen LogP contribution in [0.15, 0.2) is 53.7 Å². The first-order chi connectivity index (χ1) is 14.8. The molecular weight excluding hydrogens is 442 g/mol. The number of aromatic carboxylic acids is 1. The van der Waals surface area contributed by atoms with E-state index in [1.54, 1.807) is 35.9 Å². The molecule has 11 heteroatoms. The van der Waals surface area contributed by atoms with Gasteiger partial charge in [0.05, 0.1) is 28.4 Å². The number of rotatable bonds is 8. The van der Waals surface area contributed by atoms with Gasteiger partial charge in [-0.2, -0.15) is 0 Å². The van der Waals surface area contributed by atoms with Gasteiger partial charge in [0.15, 0.2) is 11.0 Å². The van der Waals surface area contributed by atoms with Crippen LogP contribution in [0, 0.1) is 0 Å². The molecule has 31 heavy (non-hydrogen) atoms. The highest BCUT2D eigenvalue weighted by molar-refractivity contribution is 7.99. The van der Waals surface area contributed by atoms with Gasteiger partial charge in [-0.1, -0.05) is 35.5 Å². The van der Waals surface area contributed by atoms with E-state index in [0.717, 1.165) is 0 Å². The van der Waals surface area contributed by atoms with E-state index in [2.05, 4.69) is 20.8 Å². The highest BCUT2D eigenvalue weighted by Crippen LogP contribution is 2.18. The lowest BCUT2D eigenvalue weighted by Crippen LogP contribution is -2.24. The summed E-state index contributed by atoms with van der Waals surface area (Å²) >= 11 is 7.21. The molecule has 2 aromatic carbocycles. The van der Waals surface area contributed by atoms with Crippen molar-refractivity contribution in [3.05, 3.63) is 70.5 Å². The van der Waals surface area contributed by atoms with E-state index < -0.39 is 5.97 Å². The number of hydrogen-bond acceptors (Lipinski definition) is 6. The van der Waals surface area contributed by atoms with Gasteiger partial charge in [0, 0.05) is 12.7 Å². The molecule has 0 atom stereocenters. The number of carboxylic acids is 1. The third kappa shape index (κ3) is 5.83. The van der Waals surface area contributed by atoms with E-state index in [1.165, 1.54) is 36.0 Å². The summed E-state index contributed by atoms with van der Waals surface area (Å²) in [6, 6.07) is 12.6. The number of carbonyl (C=O) groups excluding carboxylic acids is 2. The van der Waals surface area contributed by atoms with Gasteiger partial charge >= 0.3 is 5.97 Å². The van der Waals surface area contributed by atoms with Crippen LogP contribution in [0.1, 0.15) is 26.5 Å². The molecule has 0 aliphatic heterocycles. The van der Waals surface area contributed by atoms with Gasteiger partial charge in [-0.05, 0) is 36.4 Å². The highest BCUT2D eigenvalue weighted by Gasteiger charge is 2.14. The number of carboxylic acid groups (broad SMARTS) is 1. The zero-order chi connectivity index (χ0) is 22.4. The van der Waals surface area contributed by atoms with Gasteiger partial charge < -0.3 is 20.3 Å². The predicted molar refractivity (Wildman–Crippen MR) is 116 cm³/mol. The number of nitrogens with zero attached hydrogens (tertiary/aromatic N) is 3. The van der Waals surface area contributed by atoms with E-state index in [-0.39, 0.29) is 29.7 Å². The Labute approximate surface area is 186 Å². The van der Waals surface area contributed by atoms with Crippen LogP contribution in [-0.2, 0) is 18.4 Å². The van der Waals surface area contributed by atoms with Crippen molar-refractivity contribution in [2.75, 3.05) is 11.1 Å². The fourth-order valence-electron chi connectivity index (χ4n) is 2.55. The summed E-state index contributed by atoms with van der Waals surface area (Å²) in [5, 5.41) is 23.3. The molecule has 9 nitrogen and oxygen atoms in total. The Balaban J connectivity index is 1.51. The van der Waals surface area contributed by atoms with Gasteiger partial charge in [0.25, 0.3) is 5.91 Å². The van der Waals surface area contributed by atoms with E-state index in [4.69, 9.17) is 16.7 Å². The van der Waals surface area contributed by atoms with Crippen LogP contribution in [0.25, 0.3) is 0 Å². The molecule has 160 valence electrons. The Hall–Kier alpha value is -3.37. The zero-order valence-electron chi connectivity index (χ0n) is 16.3. The number of anilines is 1. The quantitative estimate of drug-likeness (QED) is 0.442. The Morgan fingerprint density at radius 2 is 1.81 bits per heavy atom. The smallest absolute Gasteiger partial charge is 0.335 e. The largest absolute Gasteiger partial charge is 0.478 e. The Morgan fingerprint density at radius 3 is 2.48 bits per heavy atom. The van der Waals surface area contributed by atoms with Crippen molar-refractivity contribution in [1.82, 2.24) is 20.1 Å². The summed E-state index contributed by atoms with van der Waals surface area (Å²) in [4.78, 5) is 35.3. The van der Waals surface area contributed by atoms with Gasteiger partial charge in [0.2, 0.25) is 5.91 Å². The lowest BCUT2D eigenvalue weighted by atomic mass is 10.2. The Kier molecular flexibility index (Phi) is 7.27. The van der Waals surface area contributed by atoms with Crippen LogP contribution in [0.3, 0.4) is 0 Å². The lowest BCUT2D eigenvalue weighted by molar-refractivity contribution is -0.113. The number of aromatic nitrogens is 3. The number of carbonyl (C=O) groups is 3. The molecule has 0 unspecified atom stereocenters. The summed E-state index contributed by atoms with van der Waals surface area (Å²) < 4.78 is 1.69. The predicted octanol–water partition coefficient (Wildman–Crippen LogP) is 2.83. The molecule has 1 heterocycles. The lowest BCUT2D eigenvalue weighted by Gasteiger charge is -2.07. The fourth-order valence-corrected chi connectivity index (χ4v) is 3.50. The molecule has 0 saturated heterocycles. The monoisotopic (exact) mass is 459 g/mol. The molecule has 0 bridgehead atoms. The molecule has 3 aromatic rings. The van der Waals surface area contributed by atoms with Crippen molar-refractivity contribution in [2.24, 2.45) is 7.05 Å². The van der Waals surface area contributed by atoms with E-state index in [0.29, 0.717) is 27.3 Å². The summed E-state index contributed by atoms with van der Waals surface area (Å²) in [5.74, 6) is -1.03. The van der Waals surface area contributed by atoms with Gasteiger partial charge in [-0.15, -0.1) is 10.2 Å². The third-order valence-corrected chi connectivity index (χ3v) is 5.55. The summed E-state index contributed by atoms with van der Waals surface area (Å²) in [6.45, 7) is 0.149. The Bertz CT molecular complexity index is 1120. The van der Waals surface area contributed by atoms with Crippen molar-refractivity contribution < 1.29 is 19.5 Å². The minimum absolute atomic E-state index is 0.0820. The number of hydrogen-bond donors (Lipinski definition) is 3. The van der Waals surface area contributed by atoms with Gasteiger partial charge in [0.1, 0.15) is 0 Å². The van der Waals surface area contributed by atoms with Crippen molar-refractivity contribution in [1.29, 1.82) is 0 Å². The van der Waals surface area contributed by atoms with Crippen LogP contribution in [0.5, 0.6) is 0 Å². The first-order valence-corrected chi connectivity index (χ1v) is 10.4. The topological polar surface area (TPSA) is 126 Å². The summed E-state index contributed by atoms with van der Waals surface area (Å²) in [5.41, 5.74) is 1.01. The fraction of sp³-hybridized carbons (Fsp3) is 0.150. The first-order valence-electron chi connectivity index (χ1n) is 9.02. The summed E-state index contributed by atoms with van der Waals surface area (Å²) in [7, 11) is 1.74. The summed E-state index contributed by atoms with van der Waals surface area (Å²) in [6.07, 6.45) is 0. The maximum absolute atomic E-state index is 12.3. The van der Waals surface area contributed by atoms with Crippen LogP contribution >= 0.6 is 23.4 Å². The maximum atomic E-state index is 12.3. The molecule has 2 amide bonds. The second-order valence-corrected chi connectivity index (χ2v) is 7.69. The van der Waals surface area contributed by atoms with Crippen LogP contribution in [-0.4, -0.2) is 43.4 Å². The van der Waals surface area contributed by atoms with Crippen molar-refractivity contribution >= 4 is 46.8 Å². The molecule has 0 spiro atoms. The van der Waals surface area contributed by atoms with Crippen molar-refractivity contribution in [3.8, 4) is 0 Å². The number of thioether (sulfide) groups is 1. The van der Waals surface area contributed by atoms with Crippen molar-refractivity contribution in [2.45, 2.75) is 11.7 Å². The average molecular weight is 460 g/mol. The number of nitrogens with one attached hydrogen (secondary N) is 2. The first kappa shape index (κ1) is 22.3. The minimum atomic E-state index is -1.03. The van der Waals surface area contributed by atoms with Crippen LogP contribution in [0.4, 0.5) is 5.69 Å². The molecule has 1 aromatic heterocycles. The zero-order valence-corrected chi connectivity index (χ0v) is 17.9.